The predicted molar refractivity (Wildman–Crippen MR) is 93.5 cm³/mol. The van der Waals surface area contributed by atoms with Crippen LogP contribution in [0.3, 0.4) is 0 Å². The van der Waals surface area contributed by atoms with Crippen molar-refractivity contribution < 1.29 is 4.79 Å². The molecule has 2 aromatic rings. The Kier molecular flexibility index (Phi) is 5.96. The number of halogens is 1. The van der Waals surface area contributed by atoms with Crippen LogP contribution in [0.2, 0.25) is 0 Å². The van der Waals surface area contributed by atoms with Crippen molar-refractivity contribution in [2.75, 3.05) is 31.9 Å². The van der Waals surface area contributed by atoms with Crippen LogP contribution in [0, 0.1) is 0 Å². The fraction of sp³-hybridized carbons (Fsp3) is 0.294. The number of benzene rings is 1. The molecule has 1 aliphatic heterocycles. The second-order valence-corrected chi connectivity index (χ2v) is 5.55. The van der Waals surface area contributed by atoms with Gasteiger partial charge in [0.05, 0.1) is 0 Å². The van der Waals surface area contributed by atoms with Crippen LogP contribution >= 0.6 is 12.4 Å². The van der Waals surface area contributed by atoms with E-state index in [9.17, 15) is 4.79 Å². The molecule has 0 radical (unpaired) electrons. The molecule has 5 nitrogen and oxygen atoms in total. The largest absolute Gasteiger partial charge is 0.399 e. The molecule has 1 fully saturated rings. The first kappa shape index (κ1) is 17.2. The monoisotopic (exact) mass is 332 g/mol. The second-order valence-electron chi connectivity index (χ2n) is 5.55. The number of aromatic nitrogens is 1. The zero-order valence-corrected chi connectivity index (χ0v) is 13.7. The van der Waals surface area contributed by atoms with Crippen molar-refractivity contribution in [1.29, 1.82) is 0 Å². The molecule has 1 saturated heterocycles. The van der Waals surface area contributed by atoms with Crippen molar-refractivity contribution in [3.8, 4) is 0 Å². The van der Waals surface area contributed by atoms with Gasteiger partial charge in [-0.2, -0.15) is 0 Å². The summed E-state index contributed by atoms with van der Waals surface area (Å²) in [6.45, 7) is 4.16. The van der Waals surface area contributed by atoms with E-state index < -0.39 is 0 Å². The van der Waals surface area contributed by atoms with Crippen LogP contribution in [0.1, 0.15) is 15.9 Å². The van der Waals surface area contributed by atoms with Gasteiger partial charge in [0.15, 0.2) is 0 Å². The third kappa shape index (κ3) is 4.43. The van der Waals surface area contributed by atoms with E-state index in [4.69, 9.17) is 5.73 Å². The molecule has 0 atom stereocenters. The molecule has 1 aromatic heterocycles. The zero-order valence-electron chi connectivity index (χ0n) is 12.9. The van der Waals surface area contributed by atoms with Gasteiger partial charge in [0, 0.05) is 56.4 Å². The molecule has 1 amide bonds. The van der Waals surface area contributed by atoms with Gasteiger partial charge in [-0.1, -0.05) is 6.07 Å². The molecule has 6 heteroatoms. The van der Waals surface area contributed by atoms with E-state index in [-0.39, 0.29) is 18.3 Å². The number of carbonyl (C=O) groups is 1. The van der Waals surface area contributed by atoms with Gasteiger partial charge in [-0.05, 0) is 35.9 Å². The molecule has 2 N–H and O–H groups in total. The Bertz CT molecular complexity index is 625. The van der Waals surface area contributed by atoms with Crippen molar-refractivity contribution in [2.24, 2.45) is 0 Å². The van der Waals surface area contributed by atoms with Gasteiger partial charge in [0.2, 0.25) is 0 Å². The van der Waals surface area contributed by atoms with Gasteiger partial charge >= 0.3 is 0 Å². The first-order chi connectivity index (χ1) is 10.7. The number of nitrogen functional groups attached to an aromatic ring is 1. The molecule has 1 aromatic carbocycles. The number of nitrogens with two attached hydrogens (primary N) is 1. The standard InChI is InChI=1S/C17H20N4O.ClH/c18-16-5-3-15(4-6-16)17(22)21-10-8-20(9-11-21)13-14-2-1-7-19-12-14;/h1-7,12H,8-11,13,18H2;1H. The highest BCUT2D eigenvalue weighted by Crippen LogP contribution is 2.12. The van der Waals surface area contributed by atoms with Crippen LogP contribution in [-0.2, 0) is 6.54 Å². The molecule has 3 rings (SSSR count). The van der Waals surface area contributed by atoms with Gasteiger partial charge < -0.3 is 10.6 Å². The minimum absolute atomic E-state index is 0. The van der Waals surface area contributed by atoms with Gasteiger partial charge in [0.1, 0.15) is 0 Å². The van der Waals surface area contributed by atoms with Crippen LogP contribution in [0.4, 0.5) is 5.69 Å². The number of piperazine rings is 1. The number of rotatable bonds is 3. The molecule has 23 heavy (non-hydrogen) atoms. The molecule has 0 aliphatic carbocycles. The highest BCUT2D eigenvalue weighted by atomic mass is 35.5. The highest BCUT2D eigenvalue weighted by molar-refractivity contribution is 5.94. The fourth-order valence-electron chi connectivity index (χ4n) is 2.67. The van der Waals surface area contributed by atoms with Crippen LogP contribution in [0.15, 0.2) is 48.8 Å². The third-order valence-corrected chi connectivity index (χ3v) is 3.95. The van der Waals surface area contributed by atoms with Crippen LogP contribution in [0.5, 0.6) is 0 Å². The minimum Gasteiger partial charge on any atom is -0.399 e. The van der Waals surface area contributed by atoms with Crippen molar-refractivity contribution >= 4 is 24.0 Å². The number of anilines is 1. The number of hydrogen-bond donors (Lipinski definition) is 1. The van der Waals surface area contributed by atoms with Crippen LogP contribution < -0.4 is 5.73 Å². The zero-order chi connectivity index (χ0) is 15.4. The van der Waals surface area contributed by atoms with Gasteiger partial charge in [-0.3, -0.25) is 14.7 Å². The Morgan fingerprint density at radius 2 is 1.78 bits per heavy atom. The predicted octanol–water partition coefficient (Wildman–Crippen LogP) is 2.04. The van der Waals surface area contributed by atoms with E-state index in [2.05, 4.69) is 16.0 Å². The lowest BCUT2D eigenvalue weighted by Crippen LogP contribution is -2.48. The number of nitrogens with zero attached hydrogens (tertiary/aromatic N) is 3. The summed E-state index contributed by atoms with van der Waals surface area (Å²) in [6, 6.07) is 11.2. The lowest BCUT2D eigenvalue weighted by Gasteiger charge is -2.34. The van der Waals surface area contributed by atoms with E-state index in [1.54, 1.807) is 30.5 Å². The maximum atomic E-state index is 12.4. The number of pyridine rings is 1. The number of hydrogen-bond acceptors (Lipinski definition) is 4. The lowest BCUT2D eigenvalue weighted by molar-refractivity contribution is 0.0628. The Morgan fingerprint density at radius 3 is 2.39 bits per heavy atom. The summed E-state index contributed by atoms with van der Waals surface area (Å²) in [7, 11) is 0. The molecule has 0 saturated carbocycles. The smallest absolute Gasteiger partial charge is 0.253 e. The van der Waals surface area contributed by atoms with Gasteiger partial charge in [-0.15, -0.1) is 12.4 Å². The molecule has 122 valence electrons. The fourth-order valence-corrected chi connectivity index (χ4v) is 2.67. The minimum atomic E-state index is 0. The molecule has 0 bridgehead atoms. The third-order valence-electron chi connectivity index (χ3n) is 3.95. The van der Waals surface area contributed by atoms with E-state index in [1.165, 1.54) is 5.56 Å². The number of amides is 1. The Hall–Kier alpha value is -2.11. The molecule has 2 heterocycles. The summed E-state index contributed by atoms with van der Waals surface area (Å²) in [4.78, 5) is 20.8. The average molecular weight is 333 g/mol. The summed E-state index contributed by atoms with van der Waals surface area (Å²) < 4.78 is 0. The summed E-state index contributed by atoms with van der Waals surface area (Å²) in [5.41, 5.74) is 8.25. The van der Waals surface area contributed by atoms with E-state index in [0.717, 1.165) is 32.7 Å². The Labute approximate surface area is 142 Å². The van der Waals surface area contributed by atoms with E-state index in [1.807, 2.05) is 17.2 Å². The van der Waals surface area contributed by atoms with E-state index in [0.29, 0.717) is 11.3 Å². The summed E-state index contributed by atoms with van der Waals surface area (Å²) in [5.74, 6) is 0.0843. The molecular formula is C17H21ClN4O. The van der Waals surface area contributed by atoms with Crippen molar-refractivity contribution in [1.82, 2.24) is 14.8 Å². The van der Waals surface area contributed by atoms with Crippen molar-refractivity contribution in [2.45, 2.75) is 6.54 Å². The first-order valence-electron chi connectivity index (χ1n) is 7.48. The average Bonchev–Trinajstić information content (AvgIpc) is 2.57. The van der Waals surface area contributed by atoms with Crippen molar-refractivity contribution in [3.05, 3.63) is 59.9 Å². The lowest BCUT2D eigenvalue weighted by atomic mass is 10.1. The molecule has 0 spiro atoms. The van der Waals surface area contributed by atoms with Gasteiger partial charge in [-0.25, -0.2) is 0 Å². The normalized spacial score (nSPS) is 15.0. The van der Waals surface area contributed by atoms with Gasteiger partial charge in [0.25, 0.3) is 5.91 Å². The van der Waals surface area contributed by atoms with E-state index >= 15 is 0 Å². The summed E-state index contributed by atoms with van der Waals surface area (Å²) in [5, 5.41) is 0. The SMILES string of the molecule is Cl.Nc1ccc(C(=O)N2CCN(Cc3cccnc3)CC2)cc1. The highest BCUT2D eigenvalue weighted by Gasteiger charge is 2.22. The maximum absolute atomic E-state index is 12.4. The number of carbonyl (C=O) groups excluding carboxylic acids is 1. The topological polar surface area (TPSA) is 62.5 Å². The van der Waals surface area contributed by atoms with Crippen LogP contribution in [0.25, 0.3) is 0 Å². The Morgan fingerprint density at radius 1 is 1.09 bits per heavy atom. The first-order valence-corrected chi connectivity index (χ1v) is 7.48. The summed E-state index contributed by atoms with van der Waals surface area (Å²) >= 11 is 0. The molecule has 1 aliphatic rings. The quantitative estimate of drug-likeness (QED) is 0.874. The van der Waals surface area contributed by atoms with Crippen molar-refractivity contribution in [3.63, 3.8) is 0 Å². The molecular weight excluding hydrogens is 312 g/mol. The second kappa shape index (κ2) is 7.94. The Balaban J connectivity index is 0.00000192. The molecule has 0 unspecified atom stereocenters. The van der Waals surface area contributed by atoms with Crippen LogP contribution in [-0.4, -0.2) is 46.9 Å². The summed E-state index contributed by atoms with van der Waals surface area (Å²) in [6.07, 6.45) is 3.68. The maximum Gasteiger partial charge on any atom is 0.253 e.